The van der Waals surface area contributed by atoms with Crippen LogP contribution >= 0.6 is 12.4 Å². The standard InChI is InChI=1S/C13H24N2O.ClH/c1-15(10-11-4-2-3-5-11)13(16)12-6-8-14-9-7-12;/h11-12,14H,2-10H2,1H3;1H. The summed E-state index contributed by atoms with van der Waals surface area (Å²) in [6.07, 6.45) is 7.41. The lowest BCUT2D eigenvalue weighted by molar-refractivity contribution is -0.135. The molecule has 2 fully saturated rings. The Kier molecular flexibility index (Phi) is 6.28. The van der Waals surface area contributed by atoms with E-state index in [2.05, 4.69) is 5.32 Å². The summed E-state index contributed by atoms with van der Waals surface area (Å²) in [5.41, 5.74) is 0. The van der Waals surface area contributed by atoms with E-state index in [1.54, 1.807) is 0 Å². The van der Waals surface area contributed by atoms with E-state index in [0.29, 0.717) is 5.91 Å². The average Bonchev–Trinajstić information content (AvgIpc) is 2.82. The predicted molar refractivity (Wildman–Crippen MR) is 72.4 cm³/mol. The van der Waals surface area contributed by atoms with Gasteiger partial charge in [-0.05, 0) is 44.7 Å². The highest BCUT2D eigenvalue weighted by atomic mass is 35.5. The van der Waals surface area contributed by atoms with Crippen molar-refractivity contribution in [3.05, 3.63) is 0 Å². The fourth-order valence-electron chi connectivity index (χ4n) is 3.05. The Hall–Kier alpha value is -0.280. The molecule has 17 heavy (non-hydrogen) atoms. The molecule has 1 amide bonds. The van der Waals surface area contributed by atoms with Crippen molar-refractivity contribution in [1.29, 1.82) is 0 Å². The van der Waals surface area contributed by atoms with E-state index in [-0.39, 0.29) is 18.3 Å². The van der Waals surface area contributed by atoms with Gasteiger partial charge in [0, 0.05) is 19.5 Å². The van der Waals surface area contributed by atoms with Crippen LogP contribution in [0, 0.1) is 11.8 Å². The molecule has 1 aliphatic carbocycles. The van der Waals surface area contributed by atoms with Crippen LogP contribution in [0.4, 0.5) is 0 Å². The van der Waals surface area contributed by atoms with E-state index < -0.39 is 0 Å². The number of nitrogens with zero attached hydrogens (tertiary/aromatic N) is 1. The predicted octanol–water partition coefficient (Wildman–Crippen LogP) is 2.06. The third kappa shape index (κ3) is 4.14. The monoisotopic (exact) mass is 260 g/mol. The van der Waals surface area contributed by atoms with Gasteiger partial charge in [0.1, 0.15) is 0 Å². The Balaban J connectivity index is 0.00000144. The number of hydrogen-bond acceptors (Lipinski definition) is 2. The maximum atomic E-state index is 12.2. The van der Waals surface area contributed by atoms with Crippen LogP contribution in [0.1, 0.15) is 38.5 Å². The number of hydrogen-bond donors (Lipinski definition) is 1. The maximum Gasteiger partial charge on any atom is 0.225 e. The van der Waals surface area contributed by atoms with Gasteiger partial charge < -0.3 is 10.2 Å². The molecule has 100 valence electrons. The summed E-state index contributed by atoms with van der Waals surface area (Å²) in [4.78, 5) is 14.2. The van der Waals surface area contributed by atoms with Gasteiger partial charge in [0.15, 0.2) is 0 Å². The van der Waals surface area contributed by atoms with Gasteiger partial charge in [-0.1, -0.05) is 12.8 Å². The molecule has 0 bridgehead atoms. The fourth-order valence-corrected chi connectivity index (χ4v) is 3.05. The van der Waals surface area contributed by atoms with E-state index in [1.165, 1.54) is 25.7 Å². The summed E-state index contributed by atoms with van der Waals surface area (Å²) in [5.74, 6) is 1.44. The smallest absolute Gasteiger partial charge is 0.225 e. The molecule has 1 N–H and O–H groups in total. The summed E-state index contributed by atoms with van der Waals surface area (Å²) in [6.45, 7) is 3.00. The van der Waals surface area contributed by atoms with Gasteiger partial charge in [-0.2, -0.15) is 0 Å². The lowest BCUT2D eigenvalue weighted by atomic mass is 9.96. The van der Waals surface area contributed by atoms with E-state index in [4.69, 9.17) is 0 Å². The minimum atomic E-state index is 0. The Morgan fingerprint density at radius 3 is 2.35 bits per heavy atom. The molecule has 0 aromatic carbocycles. The van der Waals surface area contributed by atoms with Crippen LogP contribution in [0.25, 0.3) is 0 Å². The molecule has 4 heteroatoms. The van der Waals surface area contributed by atoms with Crippen LogP contribution in [0.5, 0.6) is 0 Å². The number of carbonyl (C=O) groups is 1. The Labute approximate surface area is 111 Å². The molecule has 0 aromatic rings. The van der Waals surface area contributed by atoms with Crippen molar-refractivity contribution in [3.63, 3.8) is 0 Å². The summed E-state index contributed by atoms with van der Waals surface area (Å²) in [5, 5.41) is 3.31. The van der Waals surface area contributed by atoms with Gasteiger partial charge in [0.05, 0.1) is 0 Å². The summed E-state index contributed by atoms with van der Waals surface area (Å²) < 4.78 is 0. The topological polar surface area (TPSA) is 32.3 Å². The molecular weight excluding hydrogens is 236 g/mol. The quantitative estimate of drug-likeness (QED) is 0.843. The van der Waals surface area contributed by atoms with Crippen molar-refractivity contribution in [2.75, 3.05) is 26.7 Å². The van der Waals surface area contributed by atoms with E-state index in [9.17, 15) is 4.79 Å². The molecule has 0 unspecified atom stereocenters. The van der Waals surface area contributed by atoms with Crippen LogP contribution in [0.3, 0.4) is 0 Å². The van der Waals surface area contributed by atoms with Crippen molar-refractivity contribution in [2.24, 2.45) is 11.8 Å². The van der Waals surface area contributed by atoms with Crippen LogP contribution in [-0.2, 0) is 4.79 Å². The molecule has 0 aromatic heterocycles. The van der Waals surface area contributed by atoms with Crippen LogP contribution in [0.2, 0.25) is 0 Å². The number of amides is 1. The lowest BCUT2D eigenvalue weighted by Gasteiger charge is -2.28. The summed E-state index contributed by atoms with van der Waals surface area (Å²) >= 11 is 0. The highest BCUT2D eigenvalue weighted by Gasteiger charge is 2.26. The van der Waals surface area contributed by atoms with Gasteiger partial charge in [-0.3, -0.25) is 4.79 Å². The highest BCUT2D eigenvalue weighted by molar-refractivity contribution is 5.85. The van der Waals surface area contributed by atoms with E-state index >= 15 is 0 Å². The van der Waals surface area contributed by atoms with Gasteiger partial charge >= 0.3 is 0 Å². The first kappa shape index (κ1) is 14.8. The second-order valence-electron chi connectivity index (χ2n) is 5.39. The lowest BCUT2D eigenvalue weighted by Crippen LogP contribution is -2.40. The maximum absolute atomic E-state index is 12.2. The van der Waals surface area contributed by atoms with Gasteiger partial charge in [0.25, 0.3) is 0 Å². The highest BCUT2D eigenvalue weighted by Crippen LogP contribution is 2.26. The summed E-state index contributed by atoms with van der Waals surface area (Å²) in [7, 11) is 1.99. The number of rotatable bonds is 3. The van der Waals surface area contributed by atoms with E-state index in [0.717, 1.165) is 38.4 Å². The number of halogens is 1. The molecule has 0 radical (unpaired) electrons. The summed E-state index contributed by atoms with van der Waals surface area (Å²) in [6, 6.07) is 0. The van der Waals surface area contributed by atoms with Crippen molar-refractivity contribution in [1.82, 2.24) is 10.2 Å². The molecule has 2 rings (SSSR count). The third-order valence-corrected chi connectivity index (χ3v) is 4.07. The molecule has 2 aliphatic rings. The van der Waals surface area contributed by atoms with Gasteiger partial charge in [0.2, 0.25) is 5.91 Å². The normalized spacial score (nSPS) is 22.2. The zero-order valence-corrected chi connectivity index (χ0v) is 11.6. The van der Waals surface area contributed by atoms with Gasteiger partial charge in [-0.25, -0.2) is 0 Å². The largest absolute Gasteiger partial charge is 0.345 e. The Morgan fingerprint density at radius 1 is 1.18 bits per heavy atom. The number of piperidine rings is 1. The fraction of sp³-hybridized carbons (Fsp3) is 0.923. The molecule has 3 nitrogen and oxygen atoms in total. The molecule has 0 atom stereocenters. The zero-order chi connectivity index (χ0) is 11.4. The van der Waals surface area contributed by atoms with Crippen molar-refractivity contribution < 1.29 is 4.79 Å². The Bertz CT molecular complexity index is 236. The zero-order valence-electron chi connectivity index (χ0n) is 10.8. The first-order valence-corrected chi connectivity index (χ1v) is 6.73. The first-order valence-electron chi connectivity index (χ1n) is 6.73. The molecule has 1 saturated heterocycles. The molecule has 0 spiro atoms. The SMILES string of the molecule is CN(CC1CCCC1)C(=O)C1CCNCC1.Cl. The first-order chi connectivity index (χ1) is 7.77. The third-order valence-electron chi connectivity index (χ3n) is 4.07. The molecule has 1 saturated carbocycles. The molecule has 1 aliphatic heterocycles. The second kappa shape index (κ2) is 7.22. The average molecular weight is 261 g/mol. The minimum Gasteiger partial charge on any atom is -0.345 e. The van der Waals surface area contributed by atoms with Crippen LogP contribution in [0.15, 0.2) is 0 Å². The van der Waals surface area contributed by atoms with Crippen LogP contribution in [-0.4, -0.2) is 37.5 Å². The van der Waals surface area contributed by atoms with Crippen molar-refractivity contribution in [2.45, 2.75) is 38.5 Å². The van der Waals surface area contributed by atoms with Gasteiger partial charge in [-0.15, -0.1) is 12.4 Å². The number of carbonyl (C=O) groups excluding carboxylic acids is 1. The minimum absolute atomic E-state index is 0. The van der Waals surface area contributed by atoms with E-state index in [1.807, 2.05) is 11.9 Å². The van der Waals surface area contributed by atoms with Crippen molar-refractivity contribution >= 4 is 18.3 Å². The van der Waals surface area contributed by atoms with Crippen LogP contribution < -0.4 is 5.32 Å². The van der Waals surface area contributed by atoms with Crippen molar-refractivity contribution in [3.8, 4) is 0 Å². The number of nitrogens with one attached hydrogen (secondary N) is 1. The molecule has 1 heterocycles. The second-order valence-corrected chi connectivity index (χ2v) is 5.39. The Morgan fingerprint density at radius 2 is 1.76 bits per heavy atom. The molecular formula is C13H25ClN2O.